The number of amides is 2. The zero-order chi connectivity index (χ0) is 13.7. The normalized spacial score (nSPS) is 9.94. The standard InChI is InChI=1S/C13H18N2O3/c1-4-15(8-12(17)14-3)13(18)10-6-5-9(2)7-11(10)16/h5-7,16H,4,8H2,1-3H3,(H,14,17). The summed E-state index contributed by atoms with van der Waals surface area (Å²) in [6.45, 7) is 4.00. The van der Waals surface area contributed by atoms with Gasteiger partial charge in [-0.2, -0.15) is 0 Å². The van der Waals surface area contributed by atoms with Gasteiger partial charge in [0, 0.05) is 13.6 Å². The first-order valence-electron chi connectivity index (χ1n) is 5.79. The Morgan fingerprint density at radius 1 is 1.39 bits per heavy atom. The number of hydrogen-bond acceptors (Lipinski definition) is 3. The van der Waals surface area contributed by atoms with Gasteiger partial charge < -0.3 is 15.3 Å². The second-order valence-corrected chi connectivity index (χ2v) is 4.01. The molecule has 0 atom stereocenters. The van der Waals surface area contributed by atoms with Gasteiger partial charge in [-0.25, -0.2) is 0 Å². The van der Waals surface area contributed by atoms with Crippen molar-refractivity contribution >= 4 is 11.8 Å². The number of phenols is 1. The van der Waals surface area contributed by atoms with Gasteiger partial charge in [0.1, 0.15) is 5.75 Å². The van der Waals surface area contributed by atoms with Crippen LogP contribution < -0.4 is 5.32 Å². The monoisotopic (exact) mass is 250 g/mol. The number of aromatic hydroxyl groups is 1. The molecule has 2 amide bonds. The first kappa shape index (κ1) is 14.0. The van der Waals surface area contributed by atoms with Crippen molar-refractivity contribution in [2.24, 2.45) is 0 Å². The van der Waals surface area contributed by atoms with Crippen LogP contribution in [-0.4, -0.2) is 42.0 Å². The molecule has 1 aromatic carbocycles. The Morgan fingerprint density at radius 2 is 2.06 bits per heavy atom. The number of aryl methyl sites for hydroxylation is 1. The lowest BCUT2D eigenvalue weighted by Crippen LogP contribution is -2.39. The van der Waals surface area contributed by atoms with Crippen LogP contribution in [-0.2, 0) is 4.79 Å². The minimum atomic E-state index is -0.349. The van der Waals surface area contributed by atoms with Crippen LogP contribution in [0.25, 0.3) is 0 Å². The maximum atomic E-state index is 12.1. The summed E-state index contributed by atoms with van der Waals surface area (Å²) in [7, 11) is 1.52. The molecule has 0 unspecified atom stereocenters. The molecule has 18 heavy (non-hydrogen) atoms. The van der Waals surface area contributed by atoms with Crippen molar-refractivity contribution < 1.29 is 14.7 Å². The van der Waals surface area contributed by atoms with Crippen LogP contribution in [0.5, 0.6) is 5.75 Å². The van der Waals surface area contributed by atoms with Crippen LogP contribution in [0, 0.1) is 6.92 Å². The fourth-order valence-electron chi connectivity index (χ4n) is 1.57. The summed E-state index contributed by atoms with van der Waals surface area (Å²) in [5.41, 5.74) is 1.09. The molecule has 2 N–H and O–H groups in total. The van der Waals surface area contributed by atoms with E-state index < -0.39 is 0 Å². The molecule has 0 saturated carbocycles. The Balaban J connectivity index is 2.93. The van der Waals surface area contributed by atoms with Crippen molar-refractivity contribution in [3.8, 4) is 5.75 Å². The summed E-state index contributed by atoms with van der Waals surface area (Å²) < 4.78 is 0. The fraction of sp³-hybridized carbons (Fsp3) is 0.385. The van der Waals surface area contributed by atoms with Gasteiger partial charge in [0.15, 0.2) is 0 Å². The quantitative estimate of drug-likeness (QED) is 0.834. The molecule has 0 bridgehead atoms. The van der Waals surface area contributed by atoms with E-state index in [1.807, 2.05) is 6.92 Å². The SMILES string of the molecule is CCN(CC(=O)NC)C(=O)c1ccc(C)cc1O. The molecular weight excluding hydrogens is 232 g/mol. The molecule has 5 nitrogen and oxygen atoms in total. The number of benzene rings is 1. The van der Waals surface area contributed by atoms with Gasteiger partial charge in [0.2, 0.25) is 5.91 Å². The Labute approximate surface area is 106 Å². The number of phenolic OH excluding ortho intramolecular Hbond substituents is 1. The molecule has 5 heteroatoms. The second-order valence-electron chi connectivity index (χ2n) is 4.01. The van der Waals surface area contributed by atoms with E-state index in [4.69, 9.17) is 0 Å². The van der Waals surface area contributed by atoms with Crippen LogP contribution in [0.4, 0.5) is 0 Å². The molecule has 0 saturated heterocycles. The van der Waals surface area contributed by atoms with Crippen LogP contribution in [0.2, 0.25) is 0 Å². The summed E-state index contributed by atoms with van der Waals surface area (Å²) in [4.78, 5) is 24.8. The Morgan fingerprint density at radius 3 is 2.56 bits per heavy atom. The smallest absolute Gasteiger partial charge is 0.258 e. The minimum absolute atomic E-state index is 0.0147. The van der Waals surface area contributed by atoms with E-state index in [1.165, 1.54) is 18.0 Å². The lowest BCUT2D eigenvalue weighted by atomic mass is 10.1. The molecule has 0 aliphatic heterocycles. The van der Waals surface area contributed by atoms with Gasteiger partial charge in [-0.05, 0) is 31.5 Å². The van der Waals surface area contributed by atoms with E-state index in [2.05, 4.69) is 5.32 Å². The van der Waals surface area contributed by atoms with Crippen LogP contribution in [0.3, 0.4) is 0 Å². The first-order chi connectivity index (χ1) is 8.49. The topological polar surface area (TPSA) is 69.6 Å². The Hall–Kier alpha value is -2.04. The summed E-state index contributed by atoms with van der Waals surface area (Å²) in [6, 6.07) is 4.85. The van der Waals surface area contributed by atoms with E-state index >= 15 is 0 Å². The molecule has 0 aliphatic rings. The highest BCUT2D eigenvalue weighted by molar-refractivity contribution is 5.98. The van der Waals surface area contributed by atoms with Gasteiger partial charge in [-0.1, -0.05) is 6.07 Å². The number of hydrogen-bond donors (Lipinski definition) is 2. The third-order valence-electron chi connectivity index (χ3n) is 2.67. The zero-order valence-corrected chi connectivity index (χ0v) is 10.9. The summed E-state index contributed by atoms with van der Waals surface area (Å²) in [5.74, 6) is -0.647. The Bertz CT molecular complexity index is 458. The van der Waals surface area contributed by atoms with Crippen molar-refractivity contribution in [1.29, 1.82) is 0 Å². The highest BCUT2D eigenvalue weighted by atomic mass is 16.3. The van der Waals surface area contributed by atoms with Crippen LogP contribution in [0.15, 0.2) is 18.2 Å². The lowest BCUT2D eigenvalue weighted by molar-refractivity contribution is -0.121. The average Bonchev–Trinajstić information content (AvgIpc) is 2.34. The molecule has 0 aromatic heterocycles. The lowest BCUT2D eigenvalue weighted by Gasteiger charge is -2.20. The van der Waals surface area contributed by atoms with Crippen molar-refractivity contribution in [3.63, 3.8) is 0 Å². The van der Waals surface area contributed by atoms with Gasteiger partial charge in [-0.3, -0.25) is 9.59 Å². The summed E-state index contributed by atoms with van der Waals surface area (Å²) >= 11 is 0. The van der Waals surface area contributed by atoms with Crippen molar-refractivity contribution in [3.05, 3.63) is 29.3 Å². The highest BCUT2D eigenvalue weighted by Gasteiger charge is 2.19. The summed E-state index contributed by atoms with van der Waals surface area (Å²) in [6.07, 6.45) is 0. The number of nitrogens with zero attached hydrogens (tertiary/aromatic N) is 1. The molecule has 1 aromatic rings. The van der Waals surface area contributed by atoms with Gasteiger partial charge in [-0.15, -0.1) is 0 Å². The maximum absolute atomic E-state index is 12.1. The van der Waals surface area contributed by atoms with Crippen molar-refractivity contribution in [2.75, 3.05) is 20.1 Å². The van der Waals surface area contributed by atoms with E-state index in [-0.39, 0.29) is 29.7 Å². The van der Waals surface area contributed by atoms with Gasteiger partial charge >= 0.3 is 0 Å². The fourth-order valence-corrected chi connectivity index (χ4v) is 1.57. The molecule has 0 aliphatic carbocycles. The molecule has 0 heterocycles. The summed E-state index contributed by atoms with van der Waals surface area (Å²) in [5, 5.41) is 12.2. The molecule has 0 fully saturated rings. The van der Waals surface area contributed by atoms with E-state index in [0.717, 1.165) is 5.56 Å². The van der Waals surface area contributed by atoms with Gasteiger partial charge in [0.25, 0.3) is 5.91 Å². The minimum Gasteiger partial charge on any atom is -0.507 e. The van der Waals surface area contributed by atoms with E-state index in [0.29, 0.717) is 6.54 Å². The van der Waals surface area contributed by atoms with Crippen LogP contribution in [0.1, 0.15) is 22.8 Å². The molecular formula is C13H18N2O3. The highest BCUT2D eigenvalue weighted by Crippen LogP contribution is 2.20. The maximum Gasteiger partial charge on any atom is 0.258 e. The number of rotatable bonds is 4. The zero-order valence-electron chi connectivity index (χ0n) is 10.9. The third-order valence-corrected chi connectivity index (χ3v) is 2.67. The average molecular weight is 250 g/mol. The molecule has 1 rings (SSSR count). The van der Waals surface area contributed by atoms with Crippen LogP contribution >= 0.6 is 0 Å². The van der Waals surface area contributed by atoms with E-state index in [1.54, 1.807) is 19.1 Å². The molecule has 0 spiro atoms. The largest absolute Gasteiger partial charge is 0.507 e. The predicted molar refractivity (Wildman–Crippen MR) is 68.5 cm³/mol. The number of carbonyl (C=O) groups is 2. The third kappa shape index (κ3) is 3.23. The number of likely N-dealkylation sites (N-methyl/N-ethyl adjacent to an activating group) is 2. The van der Waals surface area contributed by atoms with E-state index in [9.17, 15) is 14.7 Å². The number of nitrogens with one attached hydrogen (secondary N) is 1. The predicted octanol–water partition coefficient (Wildman–Crippen LogP) is 0.909. The number of carbonyl (C=O) groups excluding carboxylic acids is 2. The van der Waals surface area contributed by atoms with Crippen molar-refractivity contribution in [2.45, 2.75) is 13.8 Å². The van der Waals surface area contributed by atoms with Gasteiger partial charge in [0.05, 0.1) is 12.1 Å². The molecule has 0 radical (unpaired) electrons. The van der Waals surface area contributed by atoms with Crippen molar-refractivity contribution in [1.82, 2.24) is 10.2 Å². The molecule has 98 valence electrons. The second kappa shape index (κ2) is 6.05. The Kier molecular flexibility index (Phi) is 4.71. The first-order valence-corrected chi connectivity index (χ1v) is 5.79.